The van der Waals surface area contributed by atoms with E-state index in [0.717, 1.165) is 35.6 Å². The van der Waals surface area contributed by atoms with Gasteiger partial charge in [0.2, 0.25) is 0 Å². The van der Waals surface area contributed by atoms with Crippen LogP contribution < -0.4 is 0 Å². The third-order valence-corrected chi connectivity index (χ3v) is 4.06. The number of nitrogens with zero attached hydrogens (tertiary/aromatic N) is 1. The molecule has 1 fully saturated rings. The van der Waals surface area contributed by atoms with Crippen LogP contribution in [0.4, 0.5) is 0 Å². The first-order valence-electron chi connectivity index (χ1n) is 5.45. The summed E-state index contributed by atoms with van der Waals surface area (Å²) in [6.45, 7) is 2.99. The number of hydrogen-bond donors (Lipinski definition) is 0. The van der Waals surface area contributed by atoms with Crippen LogP contribution >= 0.6 is 39.1 Å². The molecule has 0 aliphatic carbocycles. The minimum Gasteiger partial charge on any atom is -0.298 e. The Morgan fingerprint density at radius 1 is 1.44 bits per heavy atom. The fraction of sp³-hybridized carbons (Fsp3) is 0.500. The van der Waals surface area contributed by atoms with E-state index in [2.05, 4.69) is 26.9 Å². The van der Waals surface area contributed by atoms with Gasteiger partial charge in [0.1, 0.15) is 0 Å². The lowest BCUT2D eigenvalue weighted by Crippen LogP contribution is -2.35. The molecule has 16 heavy (non-hydrogen) atoms. The van der Waals surface area contributed by atoms with E-state index in [1.807, 2.05) is 12.1 Å². The van der Waals surface area contributed by atoms with E-state index in [0.29, 0.717) is 5.38 Å². The molecular weight excluding hydrogens is 309 g/mol. The van der Waals surface area contributed by atoms with Crippen LogP contribution in [-0.4, -0.2) is 23.4 Å². The highest BCUT2D eigenvalue weighted by molar-refractivity contribution is 9.10. The molecule has 1 atom stereocenters. The van der Waals surface area contributed by atoms with Crippen molar-refractivity contribution in [3.8, 4) is 0 Å². The normalized spacial score (nSPS) is 22.3. The van der Waals surface area contributed by atoms with Gasteiger partial charge >= 0.3 is 0 Å². The van der Waals surface area contributed by atoms with E-state index in [1.165, 1.54) is 12.0 Å². The van der Waals surface area contributed by atoms with Gasteiger partial charge in [-0.2, -0.15) is 0 Å². The third-order valence-electron chi connectivity index (χ3n) is 2.86. The summed E-state index contributed by atoms with van der Waals surface area (Å²) in [5.41, 5.74) is 1.18. The van der Waals surface area contributed by atoms with Crippen molar-refractivity contribution in [3.63, 3.8) is 0 Å². The SMILES string of the molecule is Clc1cc(Br)ccc1CN1CCCC(Cl)C1. The number of rotatable bonds is 2. The lowest BCUT2D eigenvalue weighted by molar-refractivity contribution is 0.224. The quantitative estimate of drug-likeness (QED) is 0.733. The second-order valence-corrected chi connectivity index (χ2v) is 6.15. The summed E-state index contributed by atoms with van der Waals surface area (Å²) in [7, 11) is 0. The van der Waals surface area contributed by atoms with Crippen molar-refractivity contribution in [1.82, 2.24) is 4.90 Å². The summed E-state index contributed by atoms with van der Waals surface area (Å²) in [6, 6.07) is 6.05. The molecule has 0 aromatic heterocycles. The molecule has 0 N–H and O–H groups in total. The van der Waals surface area contributed by atoms with Gasteiger partial charge in [0.05, 0.1) is 0 Å². The number of piperidine rings is 1. The summed E-state index contributed by atoms with van der Waals surface area (Å²) >= 11 is 15.8. The highest BCUT2D eigenvalue weighted by Crippen LogP contribution is 2.24. The van der Waals surface area contributed by atoms with E-state index in [1.54, 1.807) is 0 Å². The molecule has 1 saturated heterocycles. The number of halogens is 3. The van der Waals surface area contributed by atoms with Gasteiger partial charge in [-0.15, -0.1) is 11.6 Å². The third kappa shape index (κ3) is 3.36. The van der Waals surface area contributed by atoms with Gasteiger partial charge in [0.15, 0.2) is 0 Å². The van der Waals surface area contributed by atoms with Crippen LogP contribution in [-0.2, 0) is 6.54 Å². The Balaban J connectivity index is 2.02. The lowest BCUT2D eigenvalue weighted by atomic mass is 10.1. The fourth-order valence-corrected chi connectivity index (χ4v) is 3.12. The molecule has 0 saturated carbocycles. The number of alkyl halides is 1. The summed E-state index contributed by atoms with van der Waals surface area (Å²) in [6.07, 6.45) is 2.31. The largest absolute Gasteiger partial charge is 0.298 e. The zero-order valence-corrected chi connectivity index (χ0v) is 12.0. The first-order valence-corrected chi connectivity index (χ1v) is 7.06. The number of benzene rings is 1. The van der Waals surface area contributed by atoms with E-state index in [9.17, 15) is 0 Å². The molecule has 1 aromatic rings. The second-order valence-electron chi connectivity index (χ2n) is 4.21. The van der Waals surface area contributed by atoms with E-state index < -0.39 is 0 Å². The maximum atomic E-state index is 6.20. The molecule has 1 aromatic carbocycles. The van der Waals surface area contributed by atoms with Crippen molar-refractivity contribution in [1.29, 1.82) is 0 Å². The summed E-state index contributed by atoms with van der Waals surface area (Å²) in [5, 5.41) is 1.12. The zero-order chi connectivity index (χ0) is 11.5. The van der Waals surface area contributed by atoms with E-state index in [4.69, 9.17) is 23.2 Å². The Morgan fingerprint density at radius 2 is 2.25 bits per heavy atom. The Bertz CT molecular complexity index is 370. The fourth-order valence-electron chi connectivity index (χ4n) is 2.03. The Labute approximate surface area is 115 Å². The molecule has 1 aliphatic rings. The van der Waals surface area contributed by atoms with E-state index >= 15 is 0 Å². The smallest absolute Gasteiger partial charge is 0.0463 e. The Hall–Kier alpha value is 0.240. The molecule has 2 rings (SSSR count). The molecule has 88 valence electrons. The van der Waals surface area contributed by atoms with Crippen LogP contribution in [0.3, 0.4) is 0 Å². The van der Waals surface area contributed by atoms with Crippen LogP contribution in [0.5, 0.6) is 0 Å². The van der Waals surface area contributed by atoms with Gasteiger partial charge in [-0.1, -0.05) is 33.6 Å². The molecule has 1 heterocycles. The van der Waals surface area contributed by atoms with Crippen LogP contribution in [0.1, 0.15) is 18.4 Å². The standard InChI is InChI=1S/C12H14BrCl2N/c13-10-4-3-9(12(15)6-10)7-16-5-1-2-11(14)8-16/h3-4,6,11H,1-2,5,7-8H2. The van der Waals surface area contributed by atoms with Gasteiger partial charge in [-0.3, -0.25) is 4.90 Å². The van der Waals surface area contributed by atoms with Gasteiger partial charge in [0.25, 0.3) is 0 Å². The summed E-state index contributed by atoms with van der Waals surface area (Å²) < 4.78 is 1.02. The topological polar surface area (TPSA) is 3.24 Å². The second kappa shape index (κ2) is 5.72. The van der Waals surface area contributed by atoms with Crippen molar-refractivity contribution < 1.29 is 0 Å². The molecule has 0 bridgehead atoms. The first kappa shape index (κ1) is 12.7. The van der Waals surface area contributed by atoms with Crippen LogP contribution in [0, 0.1) is 0 Å². The predicted molar refractivity (Wildman–Crippen MR) is 73.3 cm³/mol. The van der Waals surface area contributed by atoms with Crippen LogP contribution in [0.2, 0.25) is 5.02 Å². The number of likely N-dealkylation sites (tertiary alicyclic amines) is 1. The highest BCUT2D eigenvalue weighted by Gasteiger charge is 2.18. The number of hydrogen-bond acceptors (Lipinski definition) is 1. The maximum Gasteiger partial charge on any atom is 0.0463 e. The Kier molecular flexibility index (Phi) is 4.54. The predicted octanol–water partition coefficient (Wildman–Crippen LogP) is 4.31. The monoisotopic (exact) mass is 321 g/mol. The van der Waals surface area contributed by atoms with Crippen molar-refractivity contribution in [2.45, 2.75) is 24.8 Å². The molecule has 0 amide bonds. The summed E-state index contributed by atoms with van der Waals surface area (Å²) in [5.74, 6) is 0. The average Bonchev–Trinajstić information content (AvgIpc) is 2.22. The van der Waals surface area contributed by atoms with Crippen LogP contribution in [0.25, 0.3) is 0 Å². The van der Waals surface area contributed by atoms with Crippen molar-refractivity contribution in [2.24, 2.45) is 0 Å². The zero-order valence-electron chi connectivity index (χ0n) is 8.93. The molecule has 4 heteroatoms. The minimum atomic E-state index is 0.294. The highest BCUT2D eigenvalue weighted by atomic mass is 79.9. The molecule has 1 nitrogen and oxygen atoms in total. The summed E-state index contributed by atoms with van der Waals surface area (Å²) in [4.78, 5) is 2.37. The van der Waals surface area contributed by atoms with E-state index in [-0.39, 0.29) is 0 Å². The Morgan fingerprint density at radius 3 is 2.94 bits per heavy atom. The van der Waals surface area contributed by atoms with Crippen molar-refractivity contribution >= 4 is 39.1 Å². The van der Waals surface area contributed by atoms with Crippen molar-refractivity contribution in [3.05, 3.63) is 33.3 Å². The lowest BCUT2D eigenvalue weighted by Gasteiger charge is -2.29. The molecule has 0 spiro atoms. The van der Waals surface area contributed by atoms with Gasteiger partial charge in [-0.25, -0.2) is 0 Å². The molecule has 1 unspecified atom stereocenters. The minimum absolute atomic E-state index is 0.294. The van der Waals surface area contributed by atoms with Gasteiger partial charge in [0, 0.05) is 28.0 Å². The van der Waals surface area contributed by atoms with Gasteiger partial charge in [-0.05, 0) is 37.1 Å². The first-order chi connectivity index (χ1) is 7.65. The van der Waals surface area contributed by atoms with Crippen molar-refractivity contribution in [2.75, 3.05) is 13.1 Å². The molecule has 0 radical (unpaired) electrons. The maximum absolute atomic E-state index is 6.20. The molecule has 1 aliphatic heterocycles. The average molecular weight is 323 g/mol. The molecular formula is C12H14BrCl2N. The van der Waals surface area contributed by atoms with Gasteiger partial charge < -0.3 is 0 Å². The van der Waals surface area contributed by atoms with Crippen LogP contribution in [0.15, 0.2) is 22.7 Å².